The summed E-state index contributed by atoms with van der Waals surface area (Å²) in [7, 11) is 0. The minimum atomic E-state index is -0.0305. The predicted octanol–water partition coefficient (Wildman–Crippen LogP) is 2.73. The summed E-state index contributed by atoms with van der Waals surface area (Å²) in [5, 5.41) is 0. The molecule has 20 heavy (non-hydrogen) atoms. The van der Waals surface area contributed by atoms with Crippen molar-refractivity contribution >= 4 is 21.8 Å². The van der Waals surface area contributed by atoms with Crippen LogP contribution in [0.2, 0.25) is 0 Å². The topological polar surface area (TPSA) is 55.6 Å². The Bertz CT molecular complexity index is 600. The molecule has 3 heterocycles. The maximum atomic E-state index is 12.2. The molecule has 0 N–H and O–H groups in total. The maximum absolute atomic E-state index is 12.2. The minimum absolute atomic E-state index is 0.0232. The van der Waals surface area contributed by atoms with Crippen molar-refractivity contribution in [2.75, 3.05) is 13.1 Å². The van der Waals surface area contributed by atoms with E-state index in [0.717, 1.165) is 10.9 Å². The number of pyridine rings is 1. The number of furan rings is 1. The number of nitrogens with zero attached hydrogens (tertiary/aromatic N) is 2. The van der Waals surface area contributed by atoms with Gasteiger partial charge in [-0.15, -0.1) is 0 Å². The fourth-order valence-corrected chi connectivity index (χ4v) is 2.54. The van der Waals surface area contributed by atoms with Gasteiger partial charge >= 0.3 is 0 Å². The third kappa shape index (κ3) is 2.70. The lowest BCUT2D eigenvalue weighted by molar-refractivity contribution is 0.0770. The molecule has 1 unspecified atom stereocenters. The van der Waals surface area contributed by atoms with Crippen molar-refractivity contribution in [2.45, 2.75) is 12.5 Å². The van der Waals surface area contributed by atoms with Gasteiger partial charge in [0.05, 0.1) is 22.8 Å². The van der Waals surface area contributed by atoms with Crippen LogP contribution in [0.15, 0.2) is 45.8 Å². The van der Waals surface area contributed by atoms with Crippen molar-refractivity contribution in [1.29, 1.82) is 0 Å². The van der Waals surface area contributed by atoms with E-state index in [9.17, 15) is 4.79 Å². The summed E-state index contributed by atoms with van der Waals surface area (Å²) in [6, 6.07) is 5.39. The van der Waals surface area contributed by atoms with Gasteiger partial charge in [-0.2, -0.15) is 0 Å². The third-order valence-electron chi connectivity index (χ3n) is 3.20. The van der Waals surface area contributed by atoms with Gasteiger partial charge < -0.3 is 14.1 Å². The number of hydrogen-bond donors (Lipinski definition) is 0. The first-order chi connectivity index (χ1) is 9.74. The quantitative estimate of drug-likeness (QED) is 0.864. The second kappa shape index (κ2) is 5.66. The average molecular weight is 337 g/mol. The predicted molar refractivity (Wildman–Crippen MR) is 75.6 cm³/mol. The van der Waals surface area contributed by atoms with E-state index in [-0.39, 0.29) is 12.0 Å². The van der Waals surface area contributed by atoms with E-state index in [0.29, 0.717) is 24.5 Å². The zero-order valence-corrected chi connectivity index (χ0v) is 12.2. The smallest absolute Gasteiger partial charge is 0.257 e. The Labute approximate surface area is 124 Å². The molecular formula is C14H13BrN2O3. The van der Waals surface area contributed by atoms with Gasteiger partial charge in [-0.05, 0) is 34.1 Å². The number of rotatable bonds is 3. The van der Waals surface area contributed by atoms with Crippen LogP contribution in [0.3, 0.4) is 0 Å². The second-order valence-electron chi connectivity index (χ2n) is 4.58. The van der Waals surface area contributed by atoms with Gasteiger partial charge in [-0.3, -0.25) is 4.79 Å². The molecule has 0 radical (unpaired) electrons. The summed E-state index contributed by atoms with van der Waals surface area (Å²) in [5.41, 5.74) is 0.574. The van der Waals surface area contributed by atoms with Gasteiger partial charge in [0.2, 0.25) is 5.88 Å². The van der Waals surface area contributed by atoms with Crippen molar-refractivity contribution in [3.05, 3.63) is 47.0 Å². The molecule has 0 spiro atoms. The van der Waals surface area contributed by atoms with E-state index in [1.54, 1.807) is 17.2 Å². The van der Waals surface area contributed by atoms with Crippen LogP contribution >= 0.6 is 15.9 Å². The Hall–Kier alpha value is -1.82. The number of likely N-dealkylation sites (tertiary alicyclic amines) is 1. The minimum Gasteiger partial charge on any atom is -0.472 e. The monoisotopic (exact) mass is 336 g/mol. The Kier molecular flexibility index (Phi) is 3.73. The molecule has 2 aromatic heterocycles. The number of carbonyl (C=O) groups excluding carboxylic acids is 1. The Morgan fingerprint density at radius 2 is 2.40 bits per heavy atom. The van der Waals surface area contributed by atoms with Crippen LogP contribution < -0.4 is 4.74 Å². The van der Waals surface area contributed by atoms with E-state index in [4.69, 9.17) is 9.15 Å². The first-order valence-electron chi connectivity index (χ1n) is 6.32. The molecule has 0 saturated carbocycles. The standard InChI is InChI=1S/C14H13BrN2O3/c15-12-2-1-5-16-13(12)20-11-3-6-17(8-11)14(18)10-4-7-19-9-10/h1-2,4-5,7,9,11H,3,6,8H2. The van der Waals surface area contributed by atoms with Crippen molar-refractivity contribution in [2.24, 2.45) is 0 Å². The van der Waals surface area contributed by atoms with Gasteiger partial charge in [-0.1, -0.05) is 0 Å². The lowest BCUT2D eigenvalue weighted by Crippen LogP contribution is -2.30. The highest BCUT2D eigenvalue weighted by atomic mass is 79.9. The highest BCUT2D eigenvalue weighted by Crippen LogP contribution is 2.25. The van der Waals surface area contributed by atoms with E-state index in [2.05, 4.69) is 20.9 Å². The van der Waals surface area contributed by atoms with Crippen LogP contribution in [0.4, 0.5) is 0 Å². The van der Waals surface area contributed by atoms with Gasteiger partial charge in [0.15, 0.2) is 0 Å². The molecule has 5 nitrogen and oxygen atoms in total. The van der Waals surface area contributed by atoms with Crippen LogP contribution in [0, 0.1) is 0 Å². The fourth-order valence-electron chi connectivity index (χ4n) is 2.19. The van der Waals surface area contributed by atoms with Crippen LogP contribution in [0.5, 0.6) is 5.88 Å². The van der Waals surface area contributed by atoms with Crippen LogP contribution in [0.25, 0.3) is 0 Å². The average Bonchev–Trinajstić information content (AvgIpc) is 3.12. The van der Waals surface area contributed by atoms with Gasteiger partial charge in [-0.25, -0.2) is 4.98 Å². The van der Waals surface area contributed by atoms with Crippen molar-refractivity contribution in [3.63, 3.8) is 0 Å². The van der Waals surface area contributed by atoms with Crippen LogP contribution in [-0.2, 0) is 0 Å². The summed E-state index contributed by atoms with van der Waals surface area (Å²) >= 11 is 3.40. The molecule has 1 fully saturated rings. The number of amides is 1. The summed E-state index contributed by atoms with van der Waals surface area (Å²) in [6.07, 6.45) is 5.42. The van der Waals surface area contributed by atoms with E-state index < -0.39 is 0 Å². The fraction of sp³-hybridized carbons (Fsp3) is 0.286. The van der Waals surface area contributed by atoms with E-state index in [1.807, 2.05) is 12.1 Å². The summed E-state index contributed by atoms with van der Waals surface area (Å²) in [6.45, 7) is 1.24. The van der Waals surface area contributed by atoms with Gasteiger partial charge in [0, 0.05) is 19.2 Å². The number of halogens is 1. The molecule has 3 rings (SSSR count). The molecule has 1 atom stereocenters. The molecule has 104 valence electrons. The molecule has 0 aromatic carbocycles. The Morgan fingerprint density at radius 1 is 1.50 bits per heavy atom. The van der Waals surface area contributed by atoms with E-state index in [1.165, 1.54) is 12.5 Å². The summed E-state index contributed by atoms with van der Waals surface area (Å²) in [5.74, 6) is 0.542. The number of ether oxygens (including phenoxy) is 1. The van der Waals surface area contributed by atoms with Gasteiger partial charge in [0.1, 0.15) is 12.4 Å². The van der Waals surface area contributed by atoms with Crippen LogP contribution in [-0.4, -0.2) is 35.0 Å². The van der Waals surface area contributed by atoms with Crippen molar-refractivity contribution < 1.29 is 13.9 Å². The molecule has 6 heteroatoms. The molecule has 1 saturated heterocycles. The summed E-state index contributed by atoms with van der Waals surface area (Å²) < 4.78 is 11.6. The summed E-state index contributed by atoms with van der Waals surface area (Å²) in [4.78, 5) is 18.1. The van der Waals surface area contributed by atoms with Gasteiger partial charge in [0.25, 0.3) is 5.91 Å². The normalized spacial score (nSPS) is 18.2. The lowest BCUT2D eigenvalue weighted by atomic mass is 10.3. The highest BCUT2D eigenvalue weighted by Gasteiger charge is 2.29. The zero-order valence-electron chi connectivity index (χ0n) is 10.7. The third-order valence-corrected chi connectivity index (χ3v) is 3.81. The molecule has 1 aliphatic rings. The molecule has 0 bridgehead atoms. The number of carbonyl (C=O) groups is 1. The Balaban J connectivity index is 1.63. The SMILES string of the molecule is O=C(c1ccoc1)N1CCC(Oc2ncccc2Br)C1. The number of hydrogen-bond acceptors (Lipinski definition) is 4. The second-order valence-corrected chi connectivity index (χ2v) is 5.44. The van der Waals surface area contributed by atoms with Crippen molar-refractivity contribution in [1.82, 2.24) is 9.88 Å². The molecule has 2 aromatic rings. The molecule has 0 aliphatic carbocycles. The van der Waals surface area contributed by atoms with Crippen LogP contribution in [0.1, 0.15) is 16.8 Å². The van der Waals surface area contributed by atoms with E-state index >= 15 is 0 Å². The molecular weight excluding hydrogens is 324 g/mol. The number of aromatic nitrogens is 1. The maximum Gasteiger partial charge on any atom is 0.257 e. The lowest BCUT2D eigenvalue weighted by Gasteiger charge is -2.16. The molecule has 1 amide bonds. The van der Waals surface area contributed by atoms with Crippen molar-refractivity contribution in [3.8, 4) is 5.88 Å². The Morgan fingerprint density at radius 3 is 3.15 bits per heavy atom. The largest absolute Gasteiger partial charge is 0.472 e. The highest BCUT2D eigenvalue weighted by molar-refractivity contribution is 9.10. The zero-order chi connectivity index (χ0) is 13.9. The molecule has 1 aliphatic heterocycles. The first kappa shape index (κ1) is 13.2. The first-order valence-corrected chi connectivity index (χ1v) is 7.12.